The SMILES string of the molecule is Cc1ccc(C)c(SCC(CO)(NC2CC2)C2CC2)c1. The summed E-state index contributed by atoms with van der Waals surface area (Å²) < 4.78 is 0. The third-order valence-corrected chi connectivity index (χ3v) is 5.95. The molecule has 2 nitrogen and oxygen atoms in total. The second-order valence-electron chi connectivity index (χ2n) is 6.56. The van der Waals surface area contributed by atoms with Crippen LogP contribution in [0.15, 0.2) is 23.1 Å². The van der Waals surface area contributed by atoms with E-state index in [1.807, 2.05) is 11.8 Å². The summed E-state index contributed by atoms with van der Waals surface area (Å²) in [5.74, 6) is 1.65. The molecule has 20 heavy (non-hydrogen) atoms. The van der Waals surface area contributed by atoms with E-state index in [1.54, 1.807) is 0 Å². The lowest BCUT2D eigenvalue weighted by Gasteiger charge is -2.33. The maximum absolute atomic E-state index is 9.99. The van der Waals surface area contributed by atoms with Gasteiger partial charge in [0.25, 0.3) is 0 Å². The number of aliphatic hydroxyl groups is 1. The Kier molecular flexibility index (Phi) is 4.11. The predicted octanol–water partition coefficient (Wildman–Crippen LogP) is 3.29. The highest BCUT2D eigenvalue weighted by atomic mass is 32.2. The van der Waals surface area contributed by atoms with Crippen molar-refractivity contribution in [3.63, 3.8) is 0 Å². The van der Waals surface area contributed by atoms with Gasteiger partial charge in [0.2, 0.25) is 0 Å². The summed E-state index contributed by atoms with van der Waals surface area (Å²) in [5.41, 5.74) is 2.60. The van der Waals surface area contributed by atoms with E-state index in [0.717, 1.165) is 5.75 Å². The van der Waals surface area contributed by atoms with Gasteiger partial charge in [0.05, 0.1) is 12.1 Å². The second kappa shape index (κ2) is 5.70. The number of benzene rings is 1. The molecule has 1 aromatic carbocycles. The van der Waals surface area contributed by atoms with Crippen molar-refractivity contribution < 1.29 is 5.11 Å². The highest BCUT2D eigenvalue weighted by Crippen LogP contribution is 2.44. The molecule has 1 aromatic rings. The quantitative estimate of drug-likeness (QED) is 0.756. The first-order valence-corrected chi connectivity index (χ1v) is 8.70. The molecular formula is C17H25NOS. The van der Waals surface area contributed by atoms with Gasteiger partial charge in [0.15, 0.2) is 0 Å². The van der Waals surface area contributed by atoms with E-state index >= 15 is 0 Å². The molecule has 1 atom stereocenters. The average Bonchev–Trinajstić information content (AvgIpc) is 3.30. The maximum atomic E-state index is 9.99. The lowest BCUT2D eigenvalue weighted by molar-refractivity contribution is 0.157. The van der Waals surface area contributed by atoms with Gasteiger partial charge >= 0.3 is 0 Å². The van der Waals surface area contributed by atoms with Crippen LogP contribution >= 0.6 is 11.8 Å². The molecule has 0 amide bonds. The minimum absolute atomic E-state index is 0.0536. The van der Waals surface area contributed by atoms with Crippen molar-refractivity contribution in [2.75, 3.05) is 12.4 Å². The first kappa shape index (κ1) is 14.4. The summed E-state index contributed by atoms with van der Waals surface area (Å²) >= 11 is 1.91. The van der Waals surface area contributed by atoms with Crippen LogP contribution in [0, 0.1) is 19.8 Å². The van der Waals surface area contributed by atoms with E-state index in [1.165, 1.54) is 41.7 Å². The van der Waals surface area contributed by atoms with E-state index in [-0.39, 0.29) is 12.1 Å². The van der Waals surface area contributed by atoms with Crippen molar-refractivity contribution >= 4 is 11.8 Å². The van der Waals surface area contributed by atoms with E-state index in [2.05, 4.69) is 37.4 Å². The Hall–Kier alpha value is -0.510. The van der Waals surface area contributed by atoms with Crippen LogP contribution in [-0.2, 0) is 0 Å². The fourth-order valence-corrected chi connectivity index (χ4v) is 4.23. The smallest absolute Gasteiger partial charge is 0.0624 e. The third kappa shape index (κ3) is 3.21. The van der Waals surface area contributed by atoms with Crippen molar-refractivity contribution in [1.82, 2.24) is 5.32 Å². The van der Waals surface area contributed by atoms with Crippen molar-refractivity contribution in [1.29, 1.82) is 0 Å². The van der Waals surface area contributed by atoms with Crippen LogP contribution in [-0.4, -0.2) is 29.0 Å². The molecule has 2 N–H and O–H groups in total. The fourth-order valence-electron chi connectivity index (χ4n) is 2.84. The molecule has 0 radical (unpaired) electrons. The first-order chi connectivity index (χ1) is 9.63. The van der Waals surface area contributed by atoms with E-state index in [0.29, 0.717) is 12.0 Å². The van der Waals surface area contributed by atoms with Gasteiger partial charge in [0.1, 0.15) is 0 Å². The van der Waals surface area contributed by atoms with Crippen LogP contribution in [0.5, 0.6) is 0 Å². The predicted molar refractivity (Wildman–Crippen MR) is 85.3 cm³/mol. The van der Waals surface area contributed by atoms with E-state index in [9.17, 15) is 5.11 Å². The van der Waals surface area contributed by atoms with Gasteiger partial charge in [-0.15, -0.1) is 11.8 Å². The number of hydrogen-bond donors (Lipinski definition) is 2. The molecule has 0 aliphatic heterocycles. The minimum atomic E-state index is -0.0536. The normalized spacial score (nSPS) is 21.8. The lowest BCUT2D eigenvalue weighted by atomic mass is 9.96. The molecule has 0 bridgehead atoms. The third-order valence-electron chi connectivity index (χ3n) is 4.54. The van der Waals surface area contributed by atoms with Gasteiger partial charge in [-0.1, -0.05) is 17.7 Å². The number of rotatable bonds is 7. The molecule has 0 heterocycles. The van der Waals surface area contributed by atoms with Crippen molar-refractivity contribution in [2.45, 2.75) is 56.0 Å². The number of hydrogen-bond acceptors (Lipinski definition) is 3. The molecule has 3 rings (SSSR count). The van der Waals surface area contributed by atoms with Crippen molar-refractivity contribution in [3.8, 4) is 0 Å². The molecule has 110 valence electrons. The standard InChI is InChI=1S/C17H25NOS/c1-12-3-4-13(2)16(9-12)20-11-17(10-19,14-5-6-14)18-15-7-8-15/h3-4,9,14-15,18-19H,5-8,10-11H2,1-2H3. The average molecular weight is 291 g/mol. The zero-order valence-corrected chi connectivity index (χ0v) is 13.3. The number of thioether (sulfide) groups is 1. The Balaban J connectivity index is 1.71. The van der Waals surface area contributed by atoms with Crippen LogP contribution < -0.4 is 5.32 Å². The molecule has 0 spiro atoms. The molecule has 0 saturated heterocycles. The maximum Gasteiger partial charge on any atom is 0.0624 e. The largest absolute Gasteiger partial charge is 0.394 e. The zero-order chi connectivity index (χ0) is 14.2. The van der Waals surface area contributed by atoms with E-state index in [4.69, 9.17) is 0 Å². The zero-order valence-electron chi connectivity index (χ0n) is 12.5. The molecule has 2 saturated carbocycles. The van der Waals surface area contributed by atoms with Crippen molar-refractivity contribution in [3.05, 3.63) is 29.3 Å². The van der Waals surface area contributed by atoms with Gasteiger partial charge in [-0.05, 0) is 57.1 Å². The highest BCUT2D eigenvalue weighted by molar-refractivity contribution is 7.99. The molecule has 1 unspecified atom stereocenters. The molecule has 2 aliphatic carbocycles. The minimum Gasteiger partial charge on any atom is -0.394 e. The summed E-state index contributed by atoms with van der Waals surface area (Å²) in [4.78, 5) is 1.36. The Morgan fingerprint density at radius 2 is 2.00 bits per heavy atom. The topological polar surface area (TPSA) is 32.3 Å². The van der Waals surface area contributed by atoms with Crippen LogP contribution in [0.4, 0.5) is 0 Å². The van der Waals surface area contributed by atoms with Gasteiger partial charge in [-0.25, -0.2) is 0 Å². The summed E-state index contributed by atoms with van der Waals surface area (Å²) in [6.45, 7) is 4.59. The van der Waals surface area contributed by atoms with Crippen LogP contribution in [0.3, 0.4) is 0 Å². The fraction of sp³-hybridized carbons (Fsp3) is 0.647. The second-order valence-corrected chi connectivity index (χ2v) is 7.58. The molecule has 2 fully saturated rings. The van der Waals surface area contributed by atoms with Gasteiger partial charge in [-0.3, -0.25) is 0 Å². The first-order valence-electron chi connectivity index (χ1n) is 7.71. The Morgan fingerprint density at radius 1 is 1.25 bits per heavy atom. The van der Waals surface area contributed by atoms with Crippen LogP contribution in [0.25, 0.3) is 0 Å². The summed E-state index contributed by atoms with van der Waals surface area (Å²) in [6, 6.07) is 7.29. The lowest BCUT2D eigenvalue weighted by Crippen LogP contribution is -2.53. The molecule has 3 heteroatoms. The highest BCUT2D eigenvalue weighted by Gasteiger charge is 2.47. The molecular weight excluding hydrogens is 266 g/mol. The van der Waals surface area contributed by atoms with Gasteiger partial charge in [0, 0.05) is 16.7 Å². The number of aliphatic hydroxyl groups excluding tert-OH is 1. The summed E-state index contributed by atoms with van der Waals surface area (Å²) in [6.07, 6.45) is 5.10. The Morgan fingerprint density at radius 3 is 2.60 bits per heavy atom. The Labute approximate surface area is 126 Å². The summed E-state index contributed by atoms with van der Waals surface area (Å²) in [7, 11) is 0. The van der Waals surface area contributed by atoms with Crippen LogP contribution in [0.2, 0.25) is 0 Å². The monoisotopic (exact) mass is 291 g/mol. The van der Waals surface area contributed by atoms with Crippen LogP contribution in [0.1, 0.15) is 36.8 Å². The summed E-state index contributed by atoms with van der Waals surface area (Å²) in [5, 5.41) is 13.7. The Bertz CT molecular complexity index is 482. The number of aryl methyl sites for hydroxylation is 2. The van der Waals surface area contributed by atoms with Gasteiger partial charge in [-0.2, -0.15) is 0 Å². The van der Waals surface area contributed by atoms with Gasteiger partial charge < -0.3 is 10.4 Å². The molecule has 0 aromatic heterocycles. The van der Waals surface area contributed by atoms with E-state index < -0.39 is 0 Å². The molecule has 2 aliphatic rings. The number of nitrogens with one attached hydrogen (secondary N) is 1. The van der Waals surface area contributed by atoms with Crippen molar-refractivity contribution in [2.24, 2.45) is 5.92 Å².